The molecule has 4 heteroatoms. The second-order valence-electron chi connectivity index (χ2n) is 4.24. The summed E-state index contributed by atoms with van der Waals surface area (Å²) in [6.45, 7) is 4.24. The van der Waals surface area contributed by atoms with Crippen LogP contribution in [0.1, 0.15) is 37.4 Å². The van der Waals surface area contributed by atoms with Crippen LogP contribution in [0.15, 0.2) is 17.1 Å². The average molecular weight is 230 g/mol. The summed E-state index contributed by atoms with van der Waals surface area (Å²) in [6, 6.07) is 5.80. The largest absolute Gasteiger partial charge is 0.369 e. The Kier molecular flexibility index (Phi) is 4.65. The number of nitriles is 1. The maximum absolute atomic E-state index is 8.99. The molecule has 0 bridgehead atoms. The predicted molar refractivity (Wildman–Crippen MR) is 69.5 cm³/mol. The zero-order chi connectivity index (χ0) is 12.8. The number of aliphatic imine (C=N–C) groups is 1. The van der Waals surface area contributed by atoms with E-state index in [1.165, 1.54) is 0 Å². The SMILES string of the molecule is CCC(C)c1ccc(C#N)c(N=CN(C)C)n1. The lowest BCUT2D eigenvalue weighted by atomic mass is 10.0. The molecule has 1 rings (SSSR count). The van der Waals surface area contributed by atoms with Crippen molar-refractivity contribution < 1.29 is 0 Å². The molecule has 0 N–H and O–H groups in total. The Morgan fingerprint density at radius 2 is 2.24 bits per heavy atom. The first-order valence-electron chi connectivity index (χ1n) is 5.70. The Labute approximate surface area is 103 Å². The van der Waals surface area contributed by atoms with Crippen molar-refractivity contribution in [3.05, 3.63) is 23.4 Å². The van der Waals surface area contributed by atoms with Crippen molar-refractivity contribution in [2.24, 2.45) is 4.99 Å². The van der Waals surface area contributed by atoms with E-state index in [-0.39, 0.29) is 0 Å². The van der Waals surface area contributed by atoms with Gasteiger partial charge in [-0.15, -0.1) is 0 Å². The molecule has 1 heterocycles. The lowest BCUT2D eigenvalue weighted by Crippen LogP contribution is -2.07. The normalized spacial score (nSPS) is 12.4. The predicted octanol–water partition coefficient (Wildman–Crippen LogP) is 2.69. The standard InChI is InChI=1S/C13H18N4/c1-5-10(2)12-7-6-11(8-14)13(16-12)15-9-17(3)4/h6-7,9-10H,5H2,1-4H3. The number of nitrogens with zero attached hydrogens (tertiary/aromatic N) is 4. The molecule has 90 valence electrons. The fourth-order valence-electron chi connectivity index (χ4n) is 1.30. The molecule has 4 nitrogen and oxygen atoms in total. The van der Waals surface area contributed by atoms with Crippen LogP contribution < -0.4 is 0 Å². The van der Waals surface area contributed by atoms with E-state index in [0.29, 0.717) is 17.3 Å². The van der Waals surface area contributed by atoms with Crippen molar-refractivity contribution in [3.8, 4) is 6.07 Å². The van der Waals surface area contributed by atoms with Gasteiger partial charge in [0.2, 0.25) is 0 Å². The molecule has 0 spiro atoms. The van der Waals surface area contributed by atoms with Crippen LogP contribution in [0.2, 0.25) is 0 Å². The van der Waals surface area contributed by atoms with Crippen molar-refractivity contribution in [1.82, 2.24) is 9.88 Å². The molecule has 0 saturated heterocycles. The Morgan fingerprint density at radius 1 is 1.53 bits per heavy atom. The van der Waals surface area contributed by atoms with Crippen LogP contribution in [0.25, 0.3) is 0 Å². The van der Waals surface area contributed by atoms with Crippen molar-refractivity contribution >= 4 is 12.2 Å². The minimum atomic E-state index is 0.385. The molecule has 0 radical (unpaired) electrons. The first kappa shape index (κ1) is 13.2. The summed E-state index contributed by atoms with van der Waals surface area (Å²) in [5.41, 5.74) is 1.49. The fraction of sp³-hybridized carbons (Fsp3) is 0.462. The third kappa shape index (κ3) is 3.56. The first-order valence-corrected chi connectivity index (χ1v) is 5.70. The number of aromatic nitrogens is 1. The van der Waals surface area contributed by atoms with Gasteiger partial charge >= 0.3 is 0 Å². The van der Waals surface area contributed by atoms with Crippen LogP contribution in [-0.4, -0.2) is 30.3 Å². The number of pyridine rings is 1. The topological polar surface area (TPSA) is 52.3 Å². The smallest absolute Gasteiger partial charge is 0.171 e. The third-order valence-corrected chi connectivity index (χ3v) is 2.55. The van der Waals surface area contributed by atoms with Gasteiger partial charge < -0.3 is 4.90 Å². The molecule has 1 aromatic rings. The molecule has 1 unspecified atom stereocenters. The highest BCUT2D eigenvalue weighted by Gasteiger charge is 2.08. The number of rotatable bonds is 4. The van der Waals surface area contributed by atoms with Gasteiger partial charge in [-0.2, -0.15) is 5.26 Å². The second-order valence-corrected chi connectivity index (χ2v) is 4.24. The van der Waals surface area contributed by atoms with E-state index in [0.717, 1.165) is 12.1 Å². The van der Waals surface area contributed by atoms with Gasteiger partial charge in [0.1, 0.15) is 6.07 Å². The van der Waals surface area contributed by atoms with Gasteiger partial charge in [-0.1, -0.05) is 13.8 Å². The van der Waals surface area contributed by atoms with E-state index < -0.39 is 0 Å². The summed E-state index contributed by atoms with van der Waals surface area (Å²) in [6.07, 6.45) is 2.68. The maximum Gasteiger partial charge on any atom is 0.171 e. The van der Waals surface area contributed by atoms with E-state index in [1.54, 1.807) is 12.4 Å². The molecule has 0 aliphatic carbocycles. The van der Waals surface area contributed by atoms with Crippen LogP contribution in [-0.2, 0) is 0 Å². The summed E-state index contributed by atoms with van der Waals surface area (Å²) in [5, 5.41) is 8.99. The molecular formula is C13H18N4. The van der Waals surface area contributed by atoms with Crippen molar-refractivity contribution in [1.29, 1.82) is 5.26 Å². The molecule has 0 saturated carbocycles. The lowest BCUT2D eigenvalue weighted by molar-refractivity contribution is 0.642. The highest BCUT2D eigenvalue weighted by molar-refractivity contribution is 5.62. The Hall–Kier alpha value is -1.89. The van der Waals surface area contributed by atoms with Gasteiger partial charge in [-0.3, -0.25) is 0 Å². The molecule has 0 aliphatic heterocycles. The van der Waals surface area contributed by atoms with Gasteiger partial charge in [0.15, 0.2) is 5.82 Å². The highest BCUT2D eigenvalue weighted by atomic mass is 15.1. The molecule has 17 heavy (non-hydrogen) atoms. The summed E-state index contributed by atoms with van der Waals surface area (Å²) in [4.78, 5) is 10.5. The quantitative estimate of drug-likeness (QED) is 0.590. The van der Waals surface area contributed by atoms with Crippen LogP contribution in [0, 0.1) is 11.3 Å². The Balaban J connectivity index is 3.12. The van der Waals surface area contributed by atoms with Gasteiger partial charge in [0.05, 0.1) is 11.9 Å². The summed E-state index contributed by atoms with van der Waals surface area (Å²) < 4.78 is 0. The maximum atomic E-state index is 8.99. The number of hydrogen-bond acceptors (Lipinski definition) is 3. The van der Waals surface area contributed by atoms with Crippen molar-refractivity contribution in [3.63, 3.8) is 0 Å². The van der Waals surface area contributed by atoms with E-state index in [9.17, 15) is 0 Å². The second kappa shape index (κ2) is 6.00. The summed E-state index contributed by atoms with van der Waals surface area (Å²) in [7, 11) is 3.77. The highest BCUT2D eigenvalue weighted by Crippen LogP contribution is 2.22. The van der Waals surface area contributed by atoms with Gasteiger partial charge in [-0.05, 0) is 24.5 Å². The number of hydrogen-bond donors (Lipinski definition) is 0. The molecule has 0 aliphatic rings. The third-order valence-electron chi connectivity index (χ3n) is 2.55. The van der Waals surface area contributed by atoms with Crippen LogP contribution in [0.5, 0.6) is 0 Å². The van der Waals surface area contributed by atoms with Gasteiger partial charge in [0.25, 0.3) is 0 Å². The zero-order valence-electron chi connectivity index (χ0n) is 10.8. The van der Waals surface area contributed by atoms with Crippen LogP contribution in [0.4, 0.5) is 5.82 Å². The molecule has 1 atom stereocenters. The van der Waals surface area contributed by atoms with E-state index in [1.807, 2.05) is 25.1 Å². The van der Waals surface area contributed by atoms with Gasteiger partial charge in [0, 0.05) is 19.8 Å². The van der Waals surface area contributed by atoms with Gasteiger partial charge in [-0.25, -0.2) is 9.98 Å². The fourth-order valence-corrected chi connectivity index (χ4v) is 1.30. The van der Waals surface area contributed by atoms with Crippen LogP contribution >= 0.6 is 0 Å². The summed E-state index contributed by atoms with van der Waals surface area (Å²) >= 11 is 0. The Bertz CT molecular complexity index is 443. The minimum Gasteiger partial charge on any atom is -0.369 e. The van der Waals surface area contributed by atoms with E-state index in [2.05, 4.69) is 29.9 Å². The minimum absolute atomic E-state index is 0.385. The molecular weight excluding hydrogens is 212 g/mol. The molecule has 0 fully saturated rings. The lowest BCUT2D eigenvalue weighted by Gasteiger charge is -2.09. The summed E-state index contributed by atoms with van der Waals surface area (Å²) in [5.74, 6) is 0.884. The zero-order valence-corrected chi connectivity index (χ0v) is 10.8. The van der Waals surface area contributed by atoms with E-state index >= 15 is 0 Å². The van der Waals surface area contributed by atoms with E-state index in [4.69, 9.17) is 5.26 Å². The van der Waals surface area contributed by atoms with Crippen molar-refractivity contribution in [2.45, 2.75) is 26.2 Å². The van der Waals surface area contributed by atoms with Crippen molar-refractivity contribution in [2.75, 3.05) is 14.1 Å². The Morgan fingerprint density at radius 3 is 2.76 bits per heavy atom. The molecule has 0 aromatic carbocycles. The molecule has 1 aromatic heterocycles. The molecule has 0 amide bonds. The first-order chi connectivity index (χ1) is 8.08. The van der Waals surface area contributed by atoms with Crippen LogP contribution in [0.3, 0.4) is 0 Å². The monoisotopic (exact) mass is 230 g/mol. The average Bonchev–Trinajstić information content (AvgIpc) is 2.34.